The van der Waals surface area contributed by atoms with Crippen LogP contribution in [-0.4, -0.2) is 42.6 Å². The monoisotopic (exact) mass is 359 g/mol. The first-order valence-electron chi connectivity index (χ1n) is 8.21. The van der Waals surface area contributed by atoms with Gasteiger partial charge >= 0.3 is 0 Å². The third-order valence-electron chi connectivity index (χ3n) is 4.02. The number of fused-ring (bicyclic) bond motifs is 1. The zero-order chi connectivity index (χ0) is 18.0. The quantitative estimate of drug-likeness (QED) is 0.732. The van der Waals surface area contributed by atoms with E-state index in [9.17, 15) is 4.79 Å². The molecule has 0 unspecified atom stereocenters. The number of rotatable bonds is 6. The summed E-state index contributed by atoms with van der Waals surface area (Å²) in [6, 6.07) is 11.4. The maximum absolute atomic E-state index is 12.6. The Bertz CT molecular complexity index is 895. The fourth-order valence-electron chi connectivity index (χ4n) is 2.83. The number of aryl methyl sites for hydroxylation is 1. The van der Waals surface area contributed by atoms with Crippen molar-refractivity contribution in [2.45, 2.75) is 13.5 Å². The number of benzene rings is 1. The molecule has 1 N–H and O–H groups in total. The van der Waals surface area contributed by atoms with Gasteiger partial charge in [-0.1, -0.05) is 23.7 Å². The van der Waals surface area contributed by atoms with Crippen LogP contribution in [0, 0.1) is 6.92 Å². The fraction of sp³-hybridized carbons (Fsp3) is 0.316. The van der Waals surface area contributed by atoms with E-state index in [1.165, 1.54) is 0 Å². The molecule has 3 aromatic rings. The molecule has 132 valence electrons. The first-order valence-corrected chi connectivity index (χ1v) is 8.59. The van der Waals surface area contributed by atoms with Crippen molar-refractivity contribution in [1.29, 1.82) is 0 Å². The predicted octanol–water partition coefficient (Wildman–Crippen LogP) is 3.54. The zero-order valence-electron chi connectivity index (χ0n) is 14.7. The molecule has 2 aromatic heterocycles. The minimum Gasteiger partial charge on any atom is -0.460 e. The van der Waals surface area contributed by atoms with Gasteiger partial charge < -0.3 is 19.2 Å². The van der Waals surface area contributed by atoms with Gasteiger partial charge in [0.2, 0.25) is 0 Å². The number of nitrogens with zero attached hydrogens (tertiary/aromatic N) is 2. The molecule has 0 saturated heterocycles. The molecule has 0 fully saturated rings. The van der Waals surface area contributed by atoms with Gasteiger partial charge in [-0.3, -0.25) is 4.79 Å². The van der Waals surface area contributed by atoms with Crippen LogP contribution < -0.4 is 5.32 Å². The SMILES string of the molecule is Cc1cc2c(cc(C(=O)NCCN(C)C)n2Cc2cccc(Cl)c2)o1. The van der Waals surface area contributed by atoms with Gasteiger partial charge in [-0.2, -0.15) is 0 Å². The molecule has 0 bridgehead atoms. The van der Waals surface area contributed by atoms with Gasteiger partial charge in [-0.15, -0.1) is 0 Å². The van der Waals surface area contributed by atoms with E-state index < -0.39 is 0 Å². The van der Waals surface area contributed by atoms with Crippen molar-refractivity contribution in [3.63, 3.8) is 0 Å². The van der Waals surface area contributed by atoms with Crippen molar-refractivity contribution in [2.75, 3.05) is 27.2 Å². The molecule has 0 aliphatic heterocycles. The highest BCUT2D eigenvalue weighted by molar-refractivity contribution is 6.30. The van der Waals surface area contributed by atoms with E-state index >= 15 is 0 Å². The van der Waals surface area contributed by atoms with Crippen molar-refractivity contribution in [3.8, 4) is 0 Å². The van der Waals surface area contributed by atoms with E-state index in [-0.39, 0.29) is 5.91 Å². The molecule has 1 amide bonds. The van der Waals surface area contributed by atoms with Crippen molar-refractivity contribution in [1.82, 2.24) is 14.8 Å². The summed E-state index contributed by atoms with van der Waals surface area (Å²) in [6.07, 6.45) is 0. The normalized spacial score (nSPS) is 11.4. The summed E-state index contributed by atoms with van der Waals surface area (Å²) in [6.45, 7) is 3.84. The Hall–Kier alpha value is -2.24. The molecule has 0 radical (unpaired) electrons. The summed E-state index contributed by atoms with van der Waals surface area (Å²) in [5.74, 6) is 0.720. The summed E-state index contributed by atoms with van der Waals surface area (Å²) in [4.78, 5) is 14.7. The largest absolute Gasteiger partial charge is 0.460 e. The maximum Gasteiger partial charge on any atom is 0.268 e. The average Bonchev–Trinajstić information content (AvgIpc) is 3.04. The van der Waals surface area contributed by atoms with Gasteiger partial charge in [0.15, 0.2) is 5.58 Å². The summed E-state index contributed by atoms with van der Waals surface area (Å²) in [5.41, 5.74) is 3.26. The van der Waals surface area contributed by atoms with Crippen LogP contribution in [-0.2, 0) is 6.54 Å². The van der Waals surface area contributed by atoms with E-state index in [2.05, 4.69) is 5.32 Å². The second-order valence-corrected chi connectivity index (χ2v) is 6.85. The number of carbonyl (C=O) groups is 1. The standard InChI is InChI=1S/C19H22ClN3O2/c1-13-9-16-18(25-13)11-17(19(24)21-7-8-22(2)3)23(16)12-14-5-4-6-15(20)10-14/h4-6,9-11H,7-8,12H2,1-3H3,(H,21,24). The number of furan rings is 1. The molecule has 0 aliphatic rings. The first kappa shape index (κ1) is 17.6. The van der Waals surface area contributed by atoms with Crippen LogP contribution in [0.15, 0.2) is 40.8 Å². The van der Waals surface area contributed by atoms with Crippen molar-refractivity contribution in [2.24, 2.45) is 0 Å². The van der Waals surface area contributed by atoms with Crippen LogP contribution in [0.25, 0.3) is 11.1 Å². The van der Waals surface area contributed by atoms with E-state index in [1.54, 1.807) is 6.07 Å². The fourth-order valence-corrected chi connectivity index (χ4v) is 3.04. The number of hydrogen-bond acceptors (Lipinski definition) is 3. The summed E-state index contributed by atoms with van der Waals surface area (Å²) >= 11 is 6.10. The molecular formula is C19H22ClN3O2. The van der Waals surface area contributed by atoms with Crippen LogP contribution in [0.4, 0.5) is 0 Å². The third kappa shape index (κ3) is 4.06. The van der Waals surface area contributed by atoms with Crippen LogP contribution in [0.3, 0.4) is 0 Å². The first-order chi connectivity index (χ1) is 11.9. The molecular weight excluding hydrogens is 338 g/mol. The number of likely N-dealkylation sites (N-methyl/N-ethyl adjacent to an activating group) is 1. The van der Waals surface area contributed by atoms with Crippen molar-refractivity contribution < 1.29 is 9.21 Å². The molecule has 0 atom stereocenters. The molecule has 3 rings (SSSR count). The average molecular weight is 360 g/mol. The molecule has 2 heterocycles. The molecule has 1 aromatic carbocycles. The third-order valence-corrected chi connectivity index (χ3v) is 4.25. The Kier molecular flexibility index (Phi) is 5.16. The van der Waals surface area contributed by atoms with Gasteiger partial charge in [-0.25, -0.2) is 0 Å². The molecule has 6 heteroatoms. The van der Waals surface area contributed by atoms with Crippen LogP contribution >= 0.6 is 11.6 Å². The van der Waals surface area contributed by atoms with E-state index in [0.29, 0.717) is 23.8 Å². The van der Waals surface area contributed by atoms with E-state index in [4.69, 9.17) is 16.0 Å². The lowest BCUT2D eigenvalue weighted by atomic mass is 10.2. The second kappa shape index (κ2) is 7.33. The van der Waals surface area contributed by atoms with E-state index in [0.717, 1.165) is 29.0 Å². The Labute approximate surface area is 152 Å². The minimum atomic E-state index is -0.104. The lowest BCUT2D eigenvalue weighted by Gasteiger charge is -2.13. The molecule has 25 heavy (non-hydrogen) atoms. The Morgan fingerprint density at radius 3 is 2.80 bits per heavy atom. The Morgan fingerprint density at radius 2 is 2.08 bits per heavy atom. The van der Waals surface area contributed by atoms with Crippen molar-refractivity contribution in [3.05, 3.63) is 58.4 Å². The van der Waals surface area contributed by atoms with Crippen LogP contribution in [0.2, 0.25) is 5.02 Å². The maximum atomic E-state index is 12.6. The van der Waals surface area contributed by atoms with E-state index in [1.807, 2.05) is 60.8 Å². The molecule has 0 spiro atoms. The number of amides is 1. The number of hydrogen-bond donors (Lipinski definition) is 1. The number of halogens is 1. The van der Waals surface area contributed by atoms with Gasteiger partial charge in [-0.05, 0) is 38.7 Å². The smallest absolute Gasteiger partial charge is 0.268 e. The topological polar surface area (TPSA) is 50.4 Å². The number of aromatic nitrogens is 1. The second-order valence-electron chi connectivity index (χ2n) is 6.41. The lowest BCUT2D eigenvalue weighted by Crippen LogP contribution is -2.32. The zero-order valence-corrected chi connectivity index (χ0v) is 15.4. The Morgan fingerprint density at radius 1 is 1.28 bits per heavy atom. The summed E-state index contributed by atoms with van der Waals surface area (Å²) in [5, 5.41) is 3.65. The highest BCUT2D eigenvalue weighted by atomic mass is 35.5. The lowest BCUT2D eigenvalue weighted by molar-refractivity contribution is 0.0942. The van der Waals surface area contributed by atoms with Gasteiger partial charge in [0.05, 0.1) is 5.52 Å². The number of nitrogens with one attached hydrogen (secondary N) is 1. The van der Waals surface area contributed by atoms with Gasteiger partial charge in [0, 0.05) is 36.8 Å². The van der Waals surface area contributed by atoms with Gasteiger partial charge in [0.1, 0.15) is 11.5 Å². The van der Waals surface area contributed by atoms with Crippen LogP contribution in [0.5, 0.6) is 0 Å². The van der Waals surface area contributed by atoms with Gasteiger partial charge in [0.25, 0.3) is 5.91 Å². The highest BCUT2D eigenvalue weighted by Crippen LogP contribution is 2.25. The molecule has 0 aliphatic carbocycles. The minimum absolute atomic E-state index is 0.104. The molecule has 0 saturated carbocycles. The summed E-state index contributed by atoms with van der Waals surface area (Å²) < 4.78 is 7.68. The highest BCUT2D eigenvalue weighted by Gasteiger charge is 2.18. The number of carbonyl (C=O) groups excluding carboxylic acids is 1. The van der Waals surface area contributed by atoms with Crippen LogP contribution in [0.1, 0.15) is 21.8 Å². The Balaban J connectivity index is 1.92. The molecule has 5 nitrogen and oxygen atoms in total. The predicted molar refractivity (Wildman–Crippen MR) is 100 cm³/mol. The van der Waals surface area contributed by atoms with Crippen molar-refractivity contribution >= 4 is 28.6 Å². The summed E-state index contributed by atoms with van der Waals surface area (Å²) in [7, 11) is 3.95.